The first-order valence-corrected chi connectivity index (χ1v) is 12.9. The molecular weight excluding hydrogens is 368 g/mol. The van der Waals surface area contributed by atoms with Gasteiger partial charge in [-0.05, 0) is 79.4 Å². The first kappa shape index (κ1) is 21.3. The lowest BCUT2D eigenvalue weighted by Gasteiger charge is -2.56. The predicted molar refractivity (Wildman–Crippen MR) is 123 cm³/mol. The van der Waals surface area contributed by atoms with Gasteiger partial charge < -0.3 is 9.84 Å². The number of ether oxygens (including phenoxy) is 1. The zero-order valence-electron chi connectivity index (χ0n) is 20.2. The van der Waals surface area contributed by atoms with Gasteiger partial charge in [0.25, 0.3) is 0 Å². The van der Waals surface area contributed by atoms with Gasteiger partial charge in [0, 0.05) is 11.8 Å². The van der Waals surface area contributed by atoms with E-state index in [1.807, 2.05) is 0 Å². The minimum atomic E-state index is -0.163. The third-order valence-electron chi connectivity index (χ3n) is 10.9. The molecule has 4 fully saturated rings. The van der Waals surface area contributed by atoms with Crippen molar-refractivity contribution in [2.75, 3.05) is 0 Å². The van der Waals surface area contributed by atoms with E-state index in [1.54, 1.807) is 5.57 Å². The summed E-state index contributed by atoms with van der Waals surface area (Å²) in [5.41, 5.74) is 2.38. The molecule has 0 aromatic heterocycles. The molecule has 1 spiro atoms. The molecule has 2 heteroatoms. The van der Waals surface area contributed by atoms with E-state index in [0.29, 0.717) is 23.2 Å². The van der Waals surface area contributed by atoms with Crippen molar-refractivity contribution in [1.82, 2.24) is 0 Å². The van der Waals surface area contributed by atoms with Crippen LogP contribution in [0.25, 0.3) is 0 Å². The Hall–Kier alpha value is -0.600. The molecule has 1 N–H and O–H groups in total. The third-order valence-corrected chi connectivity index (χ3v) is 10.9. The summed E-state index contributed by atoms with van der Waals surface area (Å²) >= 11 is 0. The molecule has 30 heavy (non-hydrogen) atoms. The van der Waals surface area contributed by atoms with Crippen molar-refractivity contribution >= 4 is 0 Å². The molecule has 3 saturated carbocycles. The van der Waals surface area contributed by atoms with E-state index in [2.05, 4.69) is 59.8 Å². The van der Waals surface area contributed by atoms with Crippen molar-refractivity contribution in [3.05, 3.63) is 23.8 Å². The number of hydrogen-bond donors (Lipinski definition) is 1. The van der Waals surface area contributed by atoms with Gasteiger partial charge in [0.05, 0.1) is 6.10 Å². The molecule has 0 amide bonds. The molecule has 0 unspecified atom stereocenters. The number of allylic oxidation sites excluding steroid dienone is 3. The normalized spacial score (nSPS) is 51.6. The van der Waals surface area contributed by atoms with Gasteiger partial charge >= 0.3 is 0 Å². The molecule has 0 aromatic carbocycles. The van der Waals surface area contributed by atoms with Crippen LogP contribution in [0, 0.1) is 46.3 Å². The highest BCUT2D eigenvalue weighted by atomic mass is 16.6. The number of aliphatic hydroxyl groups is 1. The first-order chi connectivity index (χ1) is 14.1. The lowest BCUT2D eigenvalue weighted by molar-refractivity contribution is -0.0527. The Balaban J connectivity index is 1.40. The topological polar surface area (TPSA) is 32.8 Å². The highest BCUT2D eigenvalue weighted by Crippen LogP contribution is 2.72. The molecule has 168 valence electrons. The lowest BCUT2D eigenvalue weighted by Crippen LogP contribution is -2.55. The van der Waals surface area contributed by atoms with Gasteiger partial charge in [-0.25, -0.2) is 0 Å². The van der Waals surface area contributed by atoms with Gasteiger partial charge in [0.15, 0.2) is 0 Å². The highest BCUT2D eigenvalue weighted by Gasteiger charge is 2.73. The summed E-state index contributed by atoms with van der Waals surface area (Å²) in [7, 11) is 0. The van der Waals surface area contributed by atoms with Gasteiger partial charge in [0.2, 0.25) is 0 Å². The molecule has 1 aliphatic heterocycles. The summed E-state index contributed by atoms with van der Waals surface area (Å²) in [5.74, 6) is 4.26. The Labute approximate surface area is 184 Å². The average Bonchev–Trinajstić information content (AvgIpc) is 3.27. The number of rotatable bonds is 4. The van der Waals surface area contributed by atoms with Crippen LogP contribution < -0.4 is 0 Å². The maximum atomic E-state index is 10.4. The van der Waals surface area contributed by atoms with Crippen LogP contribution in [0.5, 0.6) is 0 Å². The number of aliphatic hydroxyl groups excluding tert-OH is 1. The van der Waals surface area contributed by atoms with Gasteiger partial charge in [-0.15, -0.1) is 0 Å². The van der Waals surface area contributed by atoms with Crippen LogP contribution in [0.1, 0.15) is 86.5 Å². The van der Waals surface area contributed by atoms with E-state index in [4.69, 9.17) is 4.74 Å². The van der Waals surface area contributed by atoms with Crippen LogP contribution >= 0.6 is 0 Å². The first-order valence-electron chi connectivity index (χ1n) is 12.9. The second kappa shape index (κ2) is 6.95. The van der Waals surface area contributed by atoms with Gasteiger partial charge in [-0.2, -0.15) is 0 Å². The van der Waals surface area contributed by atoms with Crippen LogP contribution in [-0.2, 0) is 4.74 Å². The molecule has 4 aliphatic carbocycles. The number of hydrogen-bond acceptors (Lipinski definition) is 2. The molecule has 10 atom stereocenters. The summed E-state index contributed by atoms with van der Waals surface area (Å²) in [4.78, 5) is 0. The van der Waals surface area contributed by atoms with Crippen LogP contribution in [0.15, 0.2) is 23.8 Å². The van der Waals surface area contributed by atoms with Crippen LogP contribution in [0.3, 0.4) is 0 Å². The van der Waals surface area contributed by atoms with Crippen molar-refractivity contribution in [1.29, 1.82) is 0 Å². The third kappa shape index (κ3) is 2.81. The fraction of sp³-hybridized carbons (Fsp3) is 0.857. The summed E-state index contributed by atoms with van der Waals surface area (Å²) in [5, 5.41) is 10.4. The summed E-state index contributed by atoms with van der Waals surface area (Å²) in [6, 6.07) is 0. The summed E-state index contributed by atoms with van der Waals surface area (Å²) in [6.07, 6.45) is 16.0. The maximum absolute atomic E-state index is 10.4. The quantitative estimate of drug-likeness (QED) is 0.420. The molecule has 0 aromatic rings. The monoisotopic (exact) mass is 412 g/mol. The van der Waals surface area contributed by atoms with Crippen LogP contribution in [0.2, 0.25) is 0 Å². The standard InChI is InChI=1S/C28H44O2/c1-17(2)18(3)7-8-19(4)22-9-10-23-21-15-25-28(30-25)16-20(29)11-14-27(28,6)24(21)12-13-26(22,23)5/h7-8,15,17-20,22-25,29H,9-14,16H2,1-6H3/t18-,19+,20+,22+,23-,24-,25-,26+,27+,28-/m0/s1. The Kier molecular flexibility index (Phi) is 4.92. The molecular formula is C28H44O2. The Bertz CT molecular complexity index is 752. The molecule has 5 rings (SSSR count). The predicted octanol–water partition coefficient (Wildman–Crippen LogP) is 6.54. The minimum Gasteiger partial charge on any atom is -0.393 e. The smallest absolute Gasteiger partial charge is 0.107 e. The lowest BCUT2D eigenvalue weighted by atomic mass is 9.47. The molecule has 2 nitrogen and oxygen atoms in total. The average molecular weight is 413 g/mol. The minimum absolute atomic E-state index is 0.0480. The zero-order valence-corrected chi connectivity index (χ0v) is 20.2. The Morgan fingerprint density at radius 3 is 2.50 bits per heavy atom. The highest BCUT2D eigenvalue weighted by molar-refractivity contribution is 5.38. The molecule has 1 heterocycles. The van der Waals surface area contributed by atoms with E-state index in [9.17, 15) is 5.11 Å². The largest absolute Gasteiger partial charge is 0.393 e. The fourth-order valence-electron chi connectivity index (χ4n) is 8.52. The van der Waals surface area contributed by atoms with Gasteiger partial charge in [0.1, 0.15) is 11.7 Å². The van der Waals surface area contributed by atoms with Crippen molar-refractivity contribution in [3.63, 3.8) is 0 Å². The summed E-state index contributed by atoms with van der Waals surface area (Å²) < 4.78 is 6.43. The van der Waals surface area contributed by atoms with E-state index >= 15 is 0 Å². The molecule has 5 aliphatic rings. The van der Waals surface area contributed by atoms with Gasteiger partial charge in [-0.3, -0.25) is 0 Å². The van der Waals surface area contributed by atoms with E-state index in [0.717, 1.165) is 37.0 Å². The fourth-order valence-corrected chi connectivity index (χ4v) is 8.52. The molecule has 0 radical (unpaired) electrons. The Morgan fingerprint density at radius 1 is 1.00 bits per heavy atom. The van der Waals surface area contributed by atoms with E-state index in [1.165, 1.54) is 25.7 Å². The molecule has 0 bridgehead atoms. The zero-order chi connectivity index (χ0) is 21.5. The van der Waals surface area contributed by atoms with E-state index < -0.39 is 0 Å². The Morgan fingerprint density at radius 2 is 1.77 bits per heavy atom. The maximum Gasteiger partial charge on any atom is 0.107 e. The van der Waals surface area contributed by atoms with Crippen molar-refractivity contribution in [3.8, 4) is 0 Å². The van der Waals surface area contributed by atoms with Crippen LogP contribution in [0.4, 0.5) is 0 Å². The second-order valence-corrected chi connectivity index (χ2v) is 12.6. The van der Waals surface area contributed by atoms with Gasteiger partial charge in [-0.1, -0.05) is 65.3 Å². The summed E-state index contributed by atoms with van der Waals surface area (Å²) in [6.45, 7) is 14.6. The number of fused-ring (bicyclic) bond motifs is 4. The second-order valence-electron chi connectivity index (χ2n) is 12.6. The van der Waals surface area contributed by atoms with E-state index in [-0.39, 0.29) is 23.2 Å². The van der Waals surface area contributed by atoms with Crippen molar-refractivity contribution < 1.29 is 9.84 Å². The van der Waals surface area contributed by atoms with Crippen molar-refractivity contribution in [2.45, 2.75) is 104 Å². The SMILES string of the molecule is CC(C)[C@@H](C)C=C[C@@H](C)[C@H]1CC[C@H]2C3=C[C@@H]4O[C@@]45C[C@H](O)CC[C@]5(C)[C@H]3CC[C@]12C. The number of epoxide rings is 1. The van der Waals surface area contributed by atoms with Crippen molar-refractivity contribution in [2.24, 2.45) is 46.3 Å². The molecule has 1 saturated heterocycles. The van der Waals surface area contributed by atoms with Crippen LogP contribution in [-0.4, -0.2) is 22.9 Å².